The summed E-state index contributed by atoms with van der Waals surface area (Å²) in [6.45, 7) is 0.279. The van der Waals surface area contributed by atoms with Crippen molar-refractivity contribution >= 4 is 5.78 Å². The summed E-state index contributed by atoms with van der Waals surface area (Å²) >= 11 is 0. The molecule has 0 aliphatic carbocycles. The standard InChI is InChI=1S/C12H8F4O2/c13-10-7(11(17)9-5-2-6-18-9)3-1-4-8(10)12(14,15)16/h1,3-5H,2,6H2. The number of ketones is 1. The van der Waals surface area contributed by atoms with Crippen molar-refractivity contribution in [3.63, 3.8) is 0 Å². The van der Waals surface area contributed by atoms with E-state index in [0.717, 1.165) is 12.1 Å². The molecule has 18 heavy (non-hydrogen) atoms. The first-order chi connectivity index (χ1) is 8.41. The van der Waals surface area contributed by atoms with E-state index in [4.69, 9.17) is 4.74 Å². The van der Waals surface area contributed by atoms with E-state index in [1.54, 1.807) is 0 Å². The molecule has 0 unspecified atom stereocenters. The van der Waals surface area contributed by atoms with Crippen LogP contribution >= 0.6 is 0 Å². The number of carbonyl (C=O) groups excluding carboxylic acids is 1. The van der Waals surface area contributed by atoms with Crippen molar-refractivity contribution in [1.82, 2.24) is 0 Å². The lowest BCUT2D eigenvalue weighted by Gasteiger charge is -2.10. The van der Waals surface area contributed by atoms with Gasteiger partial charge in [-0.25, -0.2) is 4.39 Å². The second-order valence-electron chi connectivity index (χ2n) is 3.70. The molecule has 0 atom stereocenters. The summed E-state index contributed by atoms with van der Waals surface area (Å²) in [6, 6.07) is 2.60. The Morgan fingerprint density at radius 1 is 1.28 bits per heavy atom. The predicted molar refractivity (Wildman–Crippen MR) is 54.4 cm³/mol. The highest BCUT2D eigenvalue weighted by atomic mass is 19.4. The van der Waals surface area contributed by atoms with Crippen LogP contribution in [-0.2, 0) is 10.9 Å². The normalized spacial score (nSPS) is 15.2. The molecule has 0 radical (unpaired) electrons. The van der Waals surface area contributed by atoms with Crippen LogP contribution in [0.15, 0.2) is 30.0 Å². The van der Waals surface area contributed by atoms with E-state index in [1.165, 1.54) is 6.08 Å². The molecule has 1 aliphatic heterocycles. The van der Waals surface area contributed by atoms with Crippen LogP contribution in [0.25, 0.3) is 0 Å². The van der Waals surface area contributed by atoms with Crippen LogP contribution in [0.5, 0.6) is 0 Å². The second-order valence-corrected chi connectivity index (χ2v) is 3.70. The number of carbonyl (C=O) groups is 1. The largest absolute Gasteiger partial charge is 0.489 e. The number of hydrogen-bond acceptors (Lipinski definition) is 2. The zero-order valence-corrected chi connectivity index (χ0v) is 9.05. The third-order valence-electron chi connectivity index (χ3n) is 2.48. The van der Waals surface area contributed by atoms with Crippen molar-refractivity contribution < 1.29 is 27.1 Å². The summed E-state index contributed by atoms with van der Waals surface area (Å²) in [4.78, 5) is 11.7. The number of benzene rings is 1. The Labute approximate surface area is 99.9 Å². The fourth-order valence-electron chi connectivity index (χ4n) is 1.64. The summed E-state index contributed by atoms with van der Waals surface area (Å²) in [6.07, 6.45) is -2.91. The molecule has 2 nitrogen and oxygen atoms in total. The Bertz CT molecular complexity index is 517. The van der Waals surface area contributed by atoms with Crippen molar-refractivity contribution in [2.75, 3.05) is 6.61 Å². The van der Waals surface area contributed by atoms with E-state index in [9.17, 15) is 22.4 Å². The Balaban J connectivity index is 2.43. The van der Waals surface area contributed by atoms with Gasteiger partial charge in [0.2, 0.25) is 5.78 Å². The van der Waals surface area contributed by atoms with Crippen LogP contribution in [0.2, 0.25) is 0 Å². The minimum atomic E-state index is -4.83. The zero-order chi connectivity index (χ0) is 13.3. The Kier molecular flexibility index (Phi) is 3.11. The van der Waals surface area contributed by atoms with Crippen molar-refractivity contribution in [3.05, 3.63) is 47.0 Å². The second kappa shape index (κ2) is 4.44. The number of ether oxygens (including phenoxy) is 1. The Hall–Kier alpha value is -1.85. The predicted octanol–water partition coefficient (Wildman–Crippen LogP) is 3.33. The maximum absolute atomic E-state index is 13.6. The highest BCUT2D eigenvalue weighted by molar-refractivity contribution is 6.07. The first-order valence-corrected chi connectivity index (χ1v) is 5.14. The smallest absolute Gasteiger partial charge is 0.419 e. The molecule has 6 heteroatoms. The molecule has 0 N–H and O–H groups in total. The van der Waals surface area contributed by atoms with Gasteiger partial charge in [0, 0.05) is 6.42 Å². The molecule has 0 fully saturated rings. The Morgan fingerprint density at radius 3 is 2.56 bits per heavy atom. The summed E-state index contributed by atoms with van der Waals surface area (Å²) in [7, 11) is 0. The van der Waals surface area contributed by atoms with Gasteiger partial charge in [-0.05, 0) is 18.2 Å². The van der Waals surface area contributed by atoms with Gasteiger partial charge in [0.1, 0.15) is 5.82 Å². The molecule has 0 amide bonds. The fraction of sp³-hybridized carbons (Fsp3) is 0.250. The maximum Gasteiger partial charge on any atom is 0.419 e. The number of rotatable bonds is 2. The van der Waals surface area contributed by atoms with E-state index >= 15 is 0 Å². The third kappa shape index (κ3) is 2.23. The van der Waals surface area contributed by atoms with Crippen LogP contribution in [0, 0.1) is 5.82 Å². The summed E-state index contributed by atoms with van der Waals surface area (Å²) in [5.41, 5.74) is -2.08. The van der Waals surface area contributed by atoms with Crippen molar-refractivity contribution in [1.29, 1.82) is 0 Å². The van der Waals surface area contributed by atoms with E-state index in [-0.39, 0.29) is 12.4 Å². The van der Waals surface area contributed by atoms with E-state index < -0.39 is 28.9 Å². The maximum atomic E-state index is 13.6. The zero-order valence-electron chi connectivity index (χ0n) is 9.05. The van der Waals surface area contributed by atoms with Gasteiger partial charge in [0.15, 0.2) is 5.76 Å². The highest BCUT2D eigenvalue weighted by Gasteiger charge is 2.36. The molecule has 2 rings (SSSR count). The van der Waals surface area contributed by atoms with Gasteiger partial charge in [0.05, 0.1) is 17.7 Å². The molecule has 0 saturated heterocycles. The van der Waals surface area contributed by atoms with Crippen molar-refractivity contribution in [3.8, 4) is 0 Å². The lowest BCUT2D eigenvalue weighted by Crippen LogP contribution is -2.13. The average Bonchev–Trinajstić information content (AvgIpc) is 2.80. The number of allylic oxidation sites excluding steroid dienone is 1. The molecule has 1 aromatic rings. The van der Waals surface area contributed by atoms with Gasteiger partial charge in [-0.3, -0.25) is 4.79 Å². The Morgan fingerprint density at radius 2 is 2.00 bits per heavy atom. The van der Waals surface area contributed by atoms with Crippen molar-refractivity contribution in [2.24, 2.45) is 0 Å². The minimum Gasteiger partial charge on any atom is -0.489 e. The van der Waals surface area contributed by atoms with Crippen LogP contribution in [-0.4, -0.2) is 12.4 Å². The van der Waals surface area contributed by atoms with Gasteiger partial charge in [0.25, 0.3) is 0 Å². The number of halogens is 4. The summed E-state index contributed by atoms with van der Waals surface area (Å²) in [5, 5.41) is 0. The van der Waals surface area contributed by atoms with E-state index in [2.05, 4.69) is 0 Å². The molecular weight excluding hydrogens is 252 g/mol. The number of Topliss-reactive ketones (excluding diaryl/α,β-unsaturated/α-hetero) is 1. The van der Waals surface area contributed by atoms with Crippen LogP contribution in [0.1, 0.15) is 22.3 Å². The molecular formula is C12H8F4O2. The lowest BCUT2D eigenvalue weighted by atomic mass is 10.0. The van der Waals surface area contributed by atoms with Gasteiger partial charge in [-0.2, -0.15) is 13.2 Å². The average molecular weight is 260 g/mol. The van der Waals surface area contributed by atoms with Gasteiger partial charge in [-0.15, -0.1) is 0 Å². The molecule has 0 aromatic heterocycles. The topological polar surface area (TPSA) is 26.3 Å². The number of alkyl halides is 3. The molecule has 1 aromatic carbocycles. The quantitative estimate of drug-likeness (QED) is 0.602. The molecule has 0 bridgehead atoms. The summed E-state index contributed by atoms with van der Waals surface area (Å²) in [5.74, 6) is -2.53. The fourth-order valence-corrected chi connectivity index (χ4v) is 1.64. The third-order valence-corrected chi connectivity index (χ3v) is 2.48. The van der Waals surface area contributed by atoms with Crippen LogP contribution in [0.3, 0.4) is 0 Å². The van der Waals surface area contributed by atoms with Gasteiger partial charge in [-0.1, -0.05) is 6.07 Å². The molecule has 1 heterocycles. The lowest BCUT2D eigenvalue weighted by molar-refractivity contribution is -0.140. The minimum absolute atomic E-state index is 0.103. The van der Waals surface area contributed by atoms with Crippen molar-refractivity contribution in [2.45, 2.75) is 12.6 Å². The van der Waals surface area contributed by atoms with E-state index in [0.29, 0.717) is 12.5 Å². The van der Waals surface area contributed by atoms with Crippen LogP contribution in [0.4, 0.5) is 17.6 Å². The monoisotopic (exact) mass is 260 g/mol. The van der Waals surface area contributed by atoms with Crippen LogP contribution < -0.4 is 0 Å². The highest BCUT2D eigenvalue weighted by Crippen LogP contribution is 2.33. The molecule has 96 valence electrons. The SMILES string of the molecule is O=C(C1=CCCO1)c1cccc(C(F)(F)F)c1F. The summed E-state index contributed by atoms with van der Waals surface area (Å²) < 4.78 is 56.0. The molecule has 1 aliphatic rings. The molecule has 0 saturated carbocycles. The van der Waals surface area contributed by atoms with E-state index in [1.807, 2.05) is 0 Å². The number of hydrogen-bond donors (Lipinski definition) is 0. The first-order valence-electron chi connectivity index (χ1n) is 5.14. The van der Waals surface area contributed by atoms with Gasteiger partial charge < -0.3 is 4.74 Å². The van der Waals surface area contributed by atoms with Gasteiger partial charge >= 0.3 is 6.18 Å². The first kappa shape index (κ1) is 12.6. The molecule has 0 spiro atoms.